The first kappa shape index (κ1) is 15.0. The molecule has 0 unspecified atom stereocenters. The lowest BCUT2D eigenvalue weighted by Crippen LogP contribution is -2.00. The molecule has 0 bridgehead atoms. The number of halogens is 2. The molecule has 1 aromatic carbocycles. The zero-order chi connectivity index (χ0) is 13.4. The van der Waals surface area contributed by atoms with Gasteiger partial charge in [0, 0.05) is 0 Å². The van der Waals surface area contributed by atoms with Crippen LogP contribution in [0.1, 0.15) is 44.6 Å². The maximum atomic E-state index is 13.8. The van der Waals surface area contributed by atoms with Crippen LogP contribution in [0.25, 0.3) is 0 Å². The fraction of sp³-hybridized carbons (Fsp3) is 0.500. The van der Waals surface area contributed by atoms with Crippen LogP contribution in [0.4, 0.5) is 4.39 Å². The largest absolute Gasteiger partial charge is 0.490 e. The molecule has 0 amide bonds. The Morgan fingerprint density at radius 1 is 1.28 bits per heavy atom. The van der Waals surface area contributed by atoms with Crippen molar-refractivity contribution < 1.29 is 9.13 Å². The normalized spacial score (nSPS) is 10.1. The maximum Gasteiger partial charge on any atom is 0.180 e. The summed E-state index contributed by atoms with van der Waals surface area (Å²) in [7, 11) is 0. The number of nitrogens with zero attached hydrogens (tertiary/aromatic N) is 1. The zero-order valence-electron chi connectivity index (χ0n) is 10.5. The average Bonchev–Trinajstić information content (AvgIpc) is 2.38. The smallest absolute Gasteiger partial charge is 0.180 e. The summed E-state index contributed by atoms with van der Waals surface area (Å²) >= 11 is 3.06. The summed E-state index contributed by atoms with van der Waals surface area (Å²) in [6.07, 6.45) is 5.66. The lowest BCUT2D eigenvalue weighted by Gasteiger charge is -2.08. The first-order valence-electron chi connectivity index (χ1n) is 6.21. The van der Waals surface area contributed by atoms with Crippen LogP contribution in [0.3, 0.4) is 0 Å². The van der Waals surface area contributed by atoms with Gasteiger partial charge in [0.05, 0.1) is 16.6 Å². The monoisotopic (exact) mass is 313 g/mol. The molecule has 0 heterocycles. The molecule has 4 heteroatoms. The number of hydrogen-bond donors (Lipinski definition) is 0. The van der Waals surface area contributed by atoms with E-state index in [4.69, 9.17) is 10.00 Å². The van der Waals surface area contributed by atoms with Crippen molar-refractivity contribution in [3.63, 3.8) is 0 Å². The van der Waals surface area contributed by atoms with E-state index < -0.39 is 5.82 Å². The third-order valence-corrected chi connectivity index (χ3v) is 3.45. The average molecular weight is 314 g/mol. The Hall–Kier alpha value is -1.08. The van der Waals surface area contributed by atoms with Gasteiger partial charge in [-0.05, 0) is 34.5 Å². The van der Waals surface area contributed by atoms with Crippen LogP contribution in [0.15, 0.2) is 16.6 Å². The third-order valence-electron chi connectivity index (χ3n) is 2.67. The zero-order valence-corrected chi connectivity index (χ0v) is 12.1. The van der Waals surface area contributed by atoms with Crippen LogP contribution >= 0.6 is 15.9 Å². The molecule has 0 saturated heterocycles. The van der Waals surface area contributed by atoms with Crippen LogP contribution in [0, 0.1) is 17.1 Å². The predicted molar refractivity (Wildman–Crippen MR) is 73.1 cm³/mol. The lowest BCUT2D eigenvalue weighted by atomic mass is 10.2. The van der Waals surface area contributed by atoms with Gasteiger partial charge in [0.2, 0.25) is 0 Å². The molecule has 0 saturated carbocycles. The molecule has 1 rings (SSSR count). The van der Waals surface area contributed by atoms with Crippen molar-refractivity contribution >= 4 is 15.9 Å². The molecule has 0 aromatic heterocycles. The van der Waals surface area contributed by atoms with Crippen molar-refractivity contribution in [1.29, 1.82) is 5.26 Å². The van der Waals surface area contributed by atoms with Gasteiger partial charge in [-0.1, -0.05) is 32.6 Å². The highest BCUT2D eigenvalue weighted by Crippen LogP contribution is 2.28. The van der Waals surface area contributed by atoms with Crippen LogP contribution in [-0.4, -0.2) is 6.61 Å². The van der Waals surface area contributed by atoms with Crippen molar-refractivity contribution in [2.75, 3.05) is 6.61 Å². The highest BCUT2D eigenvalue weighted by Gasteiger charge is 2.11. The highest BCUT2D eigenvalue weighted by atomic mass is 79.9. The summed E-state index contributed by atoms with van der Waals surface area (Å²) in [5.41, 5.74) is 0.280. The third kappa shape index (κ3) is 4.30. The summed E-state index contributed by atoms with van der Waals surface area (Å²) in [4.78, 5) is 0. The fourth-order valence-corrected chi connectivity index (χ4v) is 2.03. The van der Waals surface area contributed by atoms with Crippen LogP contribution < -0.4 is 4.74 Å². The molecule has 98 valence electrons. The predicted octanol–water partition coefficient (Wildman–Crippen LogP) is 4.81. The van der Waals surface area contributed by atoms with Gasteiger partial charge in [-0.2, -0.15) is 5.26 Å². The summed E-state index contributed by atoms with van der Waals surface area (Å²) in [6.45, 7) is 2.68. The number of hydrogen-bond acceptors (Lipinski definition) is 2. The minimum absolute atomic E-state index is 0.175. The van der Waals surface area contributed by atoms with E-state index in [2.05, 4.69) is 22.9 Å². The SMILES string of the molecule is CCCCCCCOc1ccc(C#N)c(Br)c1F. The van der Waals surface area contributed by atoms with Gasteiger partial charge in [0.1, 0.15) is 6.07 Å². The second-order valence-electron chi connectivity index (χ2n) is 4.11. The highest BCUT2D eigenvalue weighted by molar-refractivity contribution is 9.10. The molecular formula is C14H17BrFNO. The summed E-state index contributed by atoms with van der Waals surface area (Å²) in [6, 6.07) is 4.97. The maximum absolute atomic E-state index is 13.8. The molecule has 0 atom stereocenters. The fourth-order valence-electron chi connectivity index (χ4n) is 1.62. The number of rotatable bonds is 7. The Kier molecular flexibility index (Phi) is 6.74. The molecule has 0 fully saturated rings. The second-order valence-corrected chi connectivity index (χ2v) is 4.91. The number of nitriles is 1. The van der Waals surface area contributed by atoms with Gasteiger partial charge >= 0.3 is 0 Å². The van der Waals surface area contributed by atoms with E-state index in [-0.39, 0.29) is 15.8 Å². The number of benzene rings is 1. The van der Waals surface area contributed by atoms with E-state index in [0.29, 0.717) is 6.61 Å². The minimum atomic E-state index is -0.498. The Morgan fingerprint density at radius 3 is 2.67 bits per heavy atom. The van der Waals surface area contributed by atoms with Crippen molar-refractivity contribution in [1.82, 2.24) is 0 Å². The van der Waals surface area contributed by atoms with Gasteiger partial charge < -0.3 is 4.74 Å². The second kappa shape index (κ2) is 8.10. The van der Waals surface area contributed by atoms with Crippen LogP contribution in [0.5, 0.6) is 5.75 Å². The number of ether oxygens (including phenoxy) is 1. The minimum Gasteiger partial charge on any atom is -0.490 e. The van der Waals surface area contributed by atoms with E-state index in [1.54, 1.807) is 6.07 Å². The number of unbranched alkanes of at least 4 members (excludes halogenated alkanes) is 4. The molecule has 1 aromatic rings. The van der Waals surface area contributed by atoms with Crippen LogP contribution in [0.2, 0.25) is 0 Å². The van der Waals surface area contributed by atoms with Gasteiger partial charge in [-0.25, -0.2) is 4.39 Å². The molecule has 2 nitrogen and oxygen atoms in total. The Labute approximate surface area is 116 Å². The van der Waals surface area contributed by atoms with Gasteiger partial charge in [0.25, 0.3) is 0 Å². The molecular weight excluding hydrogens is 297 g/mol. The van der Waals surface area contributed by atoms with E-state index >= 15 is 0 Å². The topological polar surface area (TPSA) is 33.0 Å². The Morgan fingerprint density at radius 2 is 2.00 bits per heavy atom. The standard InChI is InChI=1S/C14H17BrFNO/c1-2-3-4-5-6-9-18-12-8-7-11(10-17)13(15)14(12)16/h7-8H,2-6,9H2,1H3. The van der Waals surface area contributed by atoms with Gasteiger partial charge in [-0.3, -0.25) is 0 Å². The molecule has 0 spiro atoms. The van der Waals surface area contributed by atoms with Crippen molar-refractivity contribution in [3.05, 3.63) is 28.0 Å². The molecule has 0 aliphatic carbocycles. The first-order chi connectivity index (χ1) is 8.70. The van der Waals surface area contributed by atoms with Crippen LogP contribution in [-0.2, 0) is 0 Å². The Bertz CT molecular complexity index is 429. The molecule has 0 aliphatic heterocycles. The van der Waals surface area contributed by atoms with Crippen molar-refractivity contribution in [2.45, 2.75) is 39.0 Å². The molecule has 0 radical (unpaired) electrons. The Balaban J connectivity index is 2.44. The molecule has 0 aliphatic rings. The summed E-state index contributed by atoms with van der Waals surface area (Å²) in [5.74, 6) is -0.293. The van der Waals surface area contributed by atoms with Gasteiger partial charge in [-0.15, -0.1) is 0 Å². The van der Waals surface area contributed by atoms with E-state index in [0.717, 1.165) is 12.8 Å². The van der Waals surface area contributed by atoms with Crippen molar-refractivity contribution in [2.24, 2.45) is 0 Å². The van der Waals surface area contributed by atoms with E-state index in [1.165, 1.54) is 25.3 Å². The lowest BCUT2D eigenvalue weighted by molar-refractivity contribution is 0.289. The quantitative estimate of drug-likeness (QED) is 0.677. The van der Waals surface area contributed by atoms with E-state index in [1.807, 2.05) is 6.07 Å². The van der Waals surface area contributed by atoms with Gasteiger partial charge in [0.15, 0.2) is 11.6 Å². The molecule has 0 N–H and O–H groups in total. The first-order valence-corrected chi connectivity index (χ1v) is 7.01. The summed E-state index contributed by atoms with van der Waals surface area (Å²) < 4.78 is 19.3. The van der Waals surface area contributed by atoms with E-state index in [9.17, 15) is 4.39 Å². The molecule has 18 heavy (non-hydrogen) atoms. The van der Waals surface area contributed by atoms with Crippen molar-refractivity contribution in [3.8, 4) is 11.8 Å². The summed E-state index contributed by atoms with van der Waals surface area (Å²) in [5, 5.41) is 8.74.